The second-order valence-electron chi connectivity index (χ2n) is 3.78. The Balaban J connectivity index is 2.35. The van der Waals surface area contributed by atoms with Crippen LogP contribution in [0.15, 0.2) is 18.2 Å². The quantitative estimate of drug-likeness (QED) is 0.609. The molecule has 0 unspecified atom stereocenters. The number of hydrogen-bond donors (Lipinski definition) is 2. The highest BCUT2D eigenvalue weighted by Gasteiger charge is 2.07. The van der Waals surface area contributed by atoms with Gasteiger partial charge in [-0.05, 0) is 24.6 Å². The first-order valence-electron chi connectivity index (χ1n) is 5.44. The van der Waals surface area contributed by atoms with Crippen LogP contribution in [0.2, 0.25) is 0 Å². The standard InChI is InChI=1S/C12H15F2NO3/c1-8-2-3-9(10(16)6-8)15-12(17)4-5-18-7-11(13)14/h2-3,6,11,16H,4-5,7H2,1H3,(H,15,17). The Morgan fingerprint density at radius 3 is 2.83 bits per heavy atom. The molecule has 2 N–H and O–H groups in total. The van der Waals surface area contributed by atoms with E-state index in [0.29, 0.717) is 5.69 Å². The summed E-state index contributed by atoms with van der Waals surface area (Å²) >= 11 is 0. The molecule has 0 heterocycles. The number of carbonyl (C=O) groups is 1. The lowest BCUT2D eigenvalue weighted by molar-refractivity contribution is -0.117. The van der Waals surface area contributed by atoms with Crippen molar-refractivity contribution in [1.29, 1.82) is 0 Å². The van der Waals surface area contributed by atoms with Crippen LogP contribution < -0.4 is 5.32 Å². The number of alkyl halides is 2. The van der Waals surface area contributed by atoms with Gasteiger partial charge in [-0.15, -0.1) is 0 Å². The summed E-state index contributed by atoms with van der Waals surface area (Å²) in [5.74, 6) is -0.430. The molecule has 0 aliphatic heterocycles. The molecule has 0 saturated heterocycles. The number of halogens is 2. The lowest BCUT2D eigenvalue weighted by Crippen LogP contribution is -2.15. The zero-order chi connectivity index (χ0) is 13.5. The average Bonchev–Trinajstić information content (AvgIpc) is 2.28. The molecule has 0 aromatic heterocycles. The van der Waals surface area contributed by atoms with Gasteiger partial charge >= 0.3 is 0 Å². The van der Waals surface area contributed by atoms with Crippen LogP contribution in [0.5, 0.6) is 5.75 Å². The van der Waals surface area contributed by atoms with E-state index in [1.165, 1.54) is 6.07 Å². The zero-order valence-corrected chi connectivity index (χ0v) is 9.95. The Kier molecular flexibility index (Phi) is 5.51. The van der Waals surface area contributed by atoms with Crippen molar-refractivity contribution in [3.05, 3.63) is 23.8 Å². The summed E-state index contributed by atoms with van der Waals surface area (Å²) in [5, 5.41) is 12.0. The number of phenolic OH excluding ortho intramolecular Hbond substituents is 1. The minimum atomic E-state index is -2.53. The van der Waals surface area contributed by atoms with E-state index in [9.17, 15) is 18.7 Å². The number of carbonyl (C=O) groups excluding carboxylic acids is 1. The van der Waals surface area contributed by atoms with E-state index in [4.69, 9.17) is 0 Å². The Morgan fingerprint density at radius 2 is 2.22 bits per heavy atom. The van der Waals surface area contributed by atoms with Gasteiger partial charge in [-0.3, -0.25) is 4.79 Å². The molecule has 1 aromatic rings. The summed E-state index contributed by atoms with van der Waals surface area (Å²) in [7, 11) is 0. The maximum atomic E-state index is 11.7. The van der Waals surface area contributed by atoms with Gasteiger partial charge in [0.05, 0.1) is 18.7 Å². The van der Waals surface area contributed by atoms with Gasteiger partial charge in [0.15, 0.2) is 0 Å². The van der Waals surface area contributed by atoms with E-state index < -0.39 is 18.9 Å². The van der Waals surface area contributed by atoms with Gasteiger partial charge in [0.2, 0.25) is 5.91 Å². The highest BCUT2D eigenvalue weighted by Crippen LogP contribution is 2.23. The monoisotopic (exact) mass is 259 g/mol. The van der Waals surface area contributed by atoms with Crippen LogP contribution in [-0.4, -0.2) is 30.7 Å². The Labute approximate surface area is 104 Å². The number of anilines is 1. The van der Waals surface area contributed by atoms with Gasteiger partial charge in [0.1, 0.15) is 12.4 Å². The summed E-state index contributed by atoms with van der Waals surface area (Å²) in [6.07, 6.45) is -2.57. The molecule has 0 aliphatic carbocycles. The molecule has 0 radical (unpaired) electrons. The number of phenols is 1. The minimum absolute atomic E-state index is 0.0307. The number of aromatic hydroxyl groups is 1. The first-order chi connectivity index (χ1) is 8.49. The van der Waals surface area contributed by atoms with Gasteiger partial charge in [-0.1, -0.05) is 6.07 Å². The number of nitrogens with one attached hydrogen (secondary N) is 1. The summed E-state index contributed by atoms with van der Waals surface area (Å²) in [5.41, 5.74) is 1.16. The van der Waals surface area contributed by atoms with Gasteiger partial charge in [-0.2, -0.15) is 0 Å². The summed E-state index contributed by atoms with van der Waals surface area (Å²) < 4.78 is 28.1. The van der Waals surface area contributed by atoms with E-state index >= 15 is 0 Å². The number of rotatable bonds is 6. The highest BCUT2D eigenvalue weighted by atomic mass is 19.3. The Morgan fingerprint density at radius 1 is 1.50 bits per heavy atom. The minimum Gasteiger partial charge on any atom is -0.506 e. The summed E-state index contributed by atoms with van der Waals surface area (Å²) in [4.78, 5) is 11.4. The normalized spacial score (nSPS) is 10.7. The topological polar surface area (TPSA) is 58.6 Å². The first kappa shape index (κ1) is 14.4. The van der Waals surface area contributed by atoms with E-state index in [2.05, 4.69) is 10.1 Å². The molecular weight excluding hydrogens is 244 g/mol. The van der Waals surface area contributed by atoms with Crippen molar-refractivity contribution in [2.24, 2.45) is 0 Å². The number of amides is 1. The van der Waals surface area contributed by atoms with E-state index in [0.717, 1.165) is 5.56 Å². The van der Waals surface area contributed by atoms with Crippen molar-refractivity contribution >= 4 is 11.6 Å². The van der Waals surface area contributed by atoms with Crippen molar-refractivity contribution in [3.8, 4) is 5.75 Å². The third kappa shape index (κ3) is 5.09. The predicted octanol–water partition coefficient (Wildman–Crippen LogP) is 2.31. The average molecular weight is 259 g/mol. The Hall–Kier alpha value is -1.69. The molecule has 6 heteroatoms. The SMILES string of the molecule is Cc1ccc(NC(=O)CCOCC(F)F)c(O)c1. The lowest BCUT2D eigenvalue weighted by atomic mass is 10.2. The fraction of sp³-hybridized carbons (Fsp3) is 0.417. The molecular formula is C12H15F2NO3. The van der Waals surface area contributed by atoms with E-state index in [-0.39, 0.29) is 18.8 Å². The fourth-order valence-electron chi connectivity index (χ4n) is 1.30. The number of ether oxygens (including phenoxy) is 1. The van der Waals surface area contributed by atoms with Crippen LogP contribution in [0.4, 0.5) is 14.5 Å². The molecule has 4 nitrogen and oxygen atoms in total. The Bertz CT molecular complexity index is 410. The third-order valence-electron chi connectivity index (χ3n) is 2.14. The molecule has 1 rings (SSSR count). The zero-order valence-electron chi connectivity index (χ0n) is 9.95. The highest BCUT2D eigenvalue weighted by molar-refractivity contribution is 5.92. The maximum Gasteiger partial charge on any atom is 0.261 e. The molecule has 18 heavy (non-hydrogen) atoms. The van der Waals surface area contributed by atoms with E-state index in [1.807, 2.05) is 6.92 Å². The van der Waals surface area contributed by atoms with E-state index in [1.54, 1.807) is 12.1 Å². The molecule has 0 fully saturated rings. The molecule has 0 aliphatic rings. The van der Waals surface area contributed by atoms with Crippen molar-refractivity contribution in [1.82, 2.24) is 0 Å². The second kappa shape index (κ2) is 6.90. The van der Waals surface area contributed by atoms with Crippen LogP contribution in [0, 0.1) is 6.92 Å². The van der Waals surface area contributed by atoms with Crippen LogP contribution >= 0.6 is 0 Å². The summed E-state index contributed by atoms with van der Waals surface area (Å²) in [6.45, 7) is 1.05. The van der Waals surface area contributed by atoms with Crippen molar-refractivity contribution in [2.45, 2.75) is 19.8 Å². The largest absolute Gasteiger partial charge is 0.506 e. The van der Waals surface area contributed by atoms with Gasteiger partial charge in [0.25, 0.3) is 6.43 Å². The third-order valence-corrected chi connectivity index (χ3v) is 2.14. The maximum absolute atomic E-state index is 11.7. The molecule has 0 bridgehead atoms. The predicted molar refractivity (Wildman–Crippen MR) is 62.9 cm³/mol. The number of benzene rings is 1. The molecule has 0 atom stereocenters. The van der Waals surface area contributed by atoms with Crippen LogP contribution in [0.25, 0.3) is 0 Å². The number of aryl methyl sites for hydroxylation is 1. The summed E-state index contributed by atoms with van der Waals surface area (Å²) in [6, 6.07) is 4.83. The number of hydrogen-bond acceptors (Lipinski definition) is 3. The molecule has 1 aromatic carbocycles. The first-order valence-corrected chi connectivity index (χ1v) is 5.44. The van der Waals surface area contributed by atoms with Crippen molar-refractivity contribution < 1.29 is 23.4 Å². The van der Waals surface area contributed by atoms with Crippen molar-refractivity contribution in [2.75, 3.05) is 18.5 Å². The van der Waals surface area contributed by atoms with Crippen LogP contribution in [-0.2, 0) is 9.53 Å². The van der Waals surface area contributed by atoms with Gasteiger partial charge < -0.3 is 15.2 Å². The van der Waals surface area contributed by atoms with Crippen LogP contribution in [0.1, 0.15) is 12.0 Å². The molecule has 0 saturated carbocycles. The lowest BCUT2D eigenvalue weighted by Gasteiger charge is -2.08. The molecule has 1 amide bonds. The smallest absolute Gasteiger partial charge is 0.261 e. The molecule has 100 valence electrons. The molecule has 0 spiro atoms. The van der Waals surface area contributed by atoms with Crippen molar-refractivity contribution in [3.63, 3.8) is 0 Å². The van der Waals surface area contributed by atoms with Gasteiger partial charge in [0, 0.05) is 0 Å². The van der Waals surface area contributed by atoms with Crippen LogP contribution in [0.3, 0.4) is 0 Å². The fourth-order valence-corrected chi connectivity index (χ4v) is 1.30. The van der Waals surface area contributed by atoms with Gasteiger partial charge in [-0.25, -0.2) is 8.78 Å². The second-order valence-corrected chi connectivity index (χ2v) is 3.78.